The lowest BCUT2D eigenvalue weighted by Crippen LogP contribution is -2.30. The van der Waals surface area contributed by atoms with Crippen LogP contribution in [-0.4, -0.2) is 15.6 Å². The van der Waals surface area contributed by atoms with E-state index < -0.39 is 5.56 Å². The van der Waals surface area contributed by atoms with Gasteiger partial charge in [0.1, 0.15) is 18.2 Å². The van der Waals surface area contributed by atoms with E-state index in [-0.39, 0.29) is 17.9 Å². The summed E-state index contributed by atoms with van der Waals surface area (Å²) in [6, 6.07) is 5.57. The average Bonchev–Trinajstić information content (AvgIpc) is 2.94. The number of nitrogens with zero attached hydrogens (tertiary/aromatic N) is 3. The fraction of sp³-hybridized carbons (Fsp3) is 0.333. The van der Waals surface area contributed by atoms with Gasteiger partial charge in [-0.1, -0.05) is 6.92 Å². The third kappa shape index (κ3) is 2.93. The van der Waals surface area contributed by atoms with Gasteiger partial charge in [0.05, 0.1) is 10.6 Å². The van der Waals surface area contributed by atoms with Gasteiger partial charge in [0, 0.05) is 4.88 Å². The molecule has 0 aromatic carbocycles. The maximum Gasteiger partial charge on any atom is 0.285 e. The smallest absolute Gasteiger partial charge is 0.285 e. The monoisotopic (exact) mass is 301 g/mol. The van der Waals surface area contributed by atoms with Crippen LogP contribution in [0.2, 0.25) is 0 Å². The van der Waals surface area contributed by atoms with Gasteiger partial charge in [-0.2, -0.15) is 10.4 Å². The Labute approximate surface area is 126 Å². The Hall–Kier alpha value is -2.26. The highest BCUT2D eigenvalue weighted by Gasteiger charge is 2.15. The molecule has 2 aromatic rings. The van der Waals surface area contributed by atoms with E-state index in [1.807, 2.05) is 19.1 Å². The molecule has 0 saturated heterocycles. The number of ketones is 1. The van der Waals surface area contributed by atoms with Crippen LogP contribution >= 0.6 is 11.3 Å². The van der Waals surface area contributed by atoms with Crippen LogP contribution in [0.15, 0.2) is 16.9 Å². The molecule has 0 aliphatic rings. The van der Waals surface area contributed by atoms with Crippen LogP contribution < -0.4 is 5.56 Å². The highest BCUT2D eigenvalue weighted by Crippen LogP contribution is 2.17. The fourth-order valence-electron chi connectivity index (χ4n) is 1.94. The van der Waals surface area contributed by atoms with Crippen LogP contribution in [-0.2, 0) is 13.0 Å². The number of thiophene rings is 1. The summed E-state index contributed by atoms with van der Waals surface area (Å²) in [6.45, 7) is 5.28. The summed E-state index contributed by atoms with van der Waals surface area (Å²) in [6.07, 6.45) is 0.873. The van der Waals surface area contributed by atoms with Crippen molar-refractivity contribution in [3.8, 4) is 6.07 Å². The SMILES string of the molecule is CCc1ccc(C(=O)Cn2nc(C)c(C)c(C#N)c2=O)s1. The Bertz CT molecular complexity index is 796. The Morgan fingerprint density at radius 2 is 2.14 bits per heavy atom. The molecule has 2 aromatic heterocycles. The van der Waals surface area contributed by atoms with Crippen LogP contribution in [0.3, 0.4) is 0 Å². The summed E-state index contributed by atoms with van der Waals surface area (Å²) in [7, 11) is 0. The van der Waals surface area contributed by atoms with E-state index in [0.29, 0.717) is 16.1 Å². The molecule has 0 N–H and O–H groups in total. The van der Waals surface area contributed by atoms with Crippen molar-refractivity contribution in [2.24, 2.45) is 0 Å². The summed E-state index contributed by atoms with van der Waals surface area (Å²) < 4.78 is 1.08. The quantitative estimate of drug-likeness (QED) is 0.812. The maximum atomic E-state index is 12.2. The molecule has 0 amide bonds. The van der Waals surface area contributed by atoms with E-state index in [1.165, 1.54) is 11.3 Å². The number of hydrogen-bond donors (Lipinski definition) is 0. The van der Waals surface area contributed by atoms with Crippen LogP contribution in [0, 0.1) is 25.2 Å². The van der Waals surface area contributed by atoms with Gasteiger partial charge < -0.3 is 0 Å². The second-order valence-electron chi connectivity index (χ2n) is 4.70. The molecule has 0 atom stereocenters. The predicted molar refractivity (Wildman–Crippen MR) is 80.7 cm³/mol. The first-order chi connectivity index (χ1) is 9.97. The minimum absolute atomic E-state index is 0.0516. The highest BCUT2D eigenvalue weighted by atomic mass is 32.1. The molecule has 0 fully saturated rings. The Morgan fingerprint density at radius 3 is 2.71 bits per heavy atom. The molecule has 0 bridgehead atoms. The lowest BCUT2D eigenvalue weighted by atomic mass is 10.1. The van der Waals surface area contributed by atoms with Gasteiger partial charge in [0.15, 0.2) is 5.78 Å². The number of nitriles is 1. The molecule has 0 spiro atoms. The predicted octanol–water partition coefficient (Wildman–Crippen LogP) is 2.24. The first-order valence-electron chi connectivity index (χ1n) is 6.58. The van der Waals surface area contributed by atoms with Crippen molar-refractivity contribution in [3.05, 3.63) is 49.1 Å². The molecule has 0 unspecified atom stereocenters. The van der Waals surface area contributed by atoms with Crippen molar-refractivity contribution in [2.45, 2.75) is 33.7 Å². The van der Waals surface area contributed by atoms with Crippen molar-refractivity contribution < 1.29 is 4.79 Å². The zero-order chi connectivity index (χ0) is 15.6. The van der Waals surface area contributed by atoms with E-state index in [2.05, 4.69) is 5.10 Å². The van der Waals surface area contributed by atoms with Crippen molar-refractivity contribution in [2.75, 3.05) is 0 Å². The van der Waals surface area contributed by atoms with Gasteiger partial charge >= 0.3 is 0 Å². The van der Waals surface area contributed by atoms with Crippen LogP contribution in [0.5, 0.6) is 0 Å². The number of aromatic nitrogens is 2. The minimum Gasteiger partial charge on any atom is -0.291 e. The highest BCUT2D eigenvalue weighted by molar-refractivity contribution is 7.14. The molecular formula is C15H15N3O2S. The van der Waals surface area contributed by atoms with E-state index in [1.54, 1.807) is 19.9 Å². The molecule has 0 aliphatic heterocycles. The summed E-state index contributed by atoms with van der Waals surface area (Å²) >= 11 is 1.43. The number of carbonyl (C=O) groups excluding carboxylic acids is 1. The van der Waals surface area contributed by atoms with Gasteiger partial charge in [0.25, 0.3) is 5.56 Å². The van der Waals surface area contributed by atoms with E-state index in [4.69, 9.17) is 5.26 Å². The first kappa shape index (κ1) is 15.1. The molecule has 5 nitrogen and oxygen atoms in total. The molecule has 21 heavy (non-hydrogen) atoms. The zero-order valence-electron chi connectivity index (χ0n) is 12.1. The Balaban J connectivity index is 2.36. The maximum absolute atomic E-state index is 12.2. The first-order valence-corrected chi connectivity index (χ1v) is 7.39. The van der Waals surface area contributed by atoms with Crippen molar-refractivity contribution in [1.82, 2.24) is 9.78 Å². The van der Waals surface area contributed by atoms with Gasteiger partial charge in [-0.25, -0.2) is 4.68 Å². The number of aryl methyl sites for hydroxylation is 2. The Morgan fingerprint density at radius 1 is 1.43 bits per heavy atom. The zero-order valence-corrected chi connectivity index (χ0v) is 13.0. The second kappa shape index (κ2) is 6.02. The topological polar surface area (TPSA) is 75.8 Å². The fourth-order valence-corrected chi connectivity index (χ4v) is 2.82. The Kier molecular flexibility index (Phi) is 4.34. The molecule has 6 heteroatoms. The van der Waals surface area contributed by atoms with Gasteiger partial charge in [0.2, 0.25) is 0 Å². The van der Waals surface area contributed by atoms with Crippen molar-refractivity contribution in [3.63, 3.8) is 0 Å². The summed E-state index contributed by atoms with van der Waals surface area (Å²) in [5, 5.41) is 13.2. The van der Waals surface area contributed by atoms with Gasteiger partial charge in [-0.15, -0.1) is 11.3 Å². The molecule has 0 radical (unpaired) electrons. The van der Waals surface area contributed by atoms with E-state index in [0.717, 1.165) is 16.0 Å². The molecule has 2 rings (SSSR count). The third-order valence-electron chi connectivity index (χ3n) is 3.33. The normalized spacial score (nSPS) is 10.4. The van der Waals surface area contributed by atoms with Gasteiger partial charge in [-0.05, 0) is 38.0 Å². The second-order valence-corrected chi connectivity index (χ2v) is 5.87. The lowest BCUT2D eigenvalue weighted by molar-refractivity contribution is 0.0969. The summed E-state index contributed by atoms with van der Waals surface area (Å²) in [5.74, 6) is -0.165. The number of Topliss-reactive ketones (excluding diaryl/α,β-unsaturated/α-hetero) is 1. The number of carbonyl (C=O) groups is 1. The number of hydrogen-bond acceptors (Lipinski definition) is 5. The average molecular weight is 301 g/mol. The van der Waals surface area contributed by atoms with Crippen LogP contribution in [0.1, 0.15) is 38.3 Å². The van der Waals surface area contributed by atoms with Crippen LogP contribution in [0.4, 0.5) is 0 Å². The third-order valence-corrected chi connectivity index (χ3v) is 4.60. The van der Waals surface area contributed by atoms with E-state index in [9.17, 15) is 9.59 Å². The largest absolute Gasteiger partial charge is 0.291 e. The standard InChI is InChI=1S/C15H15N3O2S/c1-4-11-5-6-14(21-11)13(19)8-18-15(20)12(7-16)9(2)10(3)17-18/h5-6H,4,8H2,1-3H3. The van der Waals surface area contributed by atoms with Crippen molar-refractivity contribution >= 4 is 17.1 Å². The minimum atomic E-state index is -0.513. The molecule has 2 heterocycles. The van der Waals surface area contributed by atoms with Gasteiger partial charge in [-0.3, -0.25) is 9.59 Å². The number of rotatable bonds is 4. The molecule has 108 valence electrons. The molecular weight excluding hydrogens is 286 g/mol. The van der Waals surface area contributed by atoms with Crippen molar-refractivity contribution in [1.29, 1.82) is 5.26 Å². The summed E-state index contributed by atoms with van der Waals surface area (Å²) in [4.78, 5) is 26.1. The summed E-state index contributed by atoms with van der Waals surface area (Å²) in [5.41, 5.74) is 0.687. The van der Waals surface area contributed by atoms with E-state index >= 15 is 0 Å². The molecule has 0 saturated carbocycles. The van der Waals surface area contributed by atoms with Crippen LogP contribution in [0.25, 0.3) is 0 Å². The molecule has 0 aliphatic carbocycles. The lowest BCUT2D eigenvalue weighted by Gasteiger charge is -2.07.